The van der Waals surface area contributed by atoms with Gasteiger partial charge >= 0.3 is 12.0 Å². The van der Waals surface area contributed by atoms with Gasteiger partial charge < -0.3 is 15.3 Å². The number of urea groups is 1. The van der Waals surface area contributed by atoms with Crippen molar-refractivity contribution in [2.45, 2.75) is 33.1 Å². The van der Waals surface area contributed by atoms with E-state index in [1.165, 1.54) is 11.3 Å². The molecule has 3 aromatic heterocycles. The topological polar surface area (TPSA) is 157 Å². The third-order valence-electron chi connectivity index (χ3n) is 7.32. The molecule has 1 aromatic carbocycles. The Hall–Kier alpha value is -4.63. The number of carbonyl (C=O) groups excluding carboxylic acids is 1. The van der Waals surface area contributed by atoms with Crippen LogP contribution in [0, 0.1) is 16.7 Å². The summed E-state index contributed by atoms with van der Waals surface area (Å²) in [4.78, 5) is 44.3. The van der Waals surface area contributed by atoms with E-state index < -0.39 is 11.4 Å². The Morgan fingerprint density at radius 1 is 1.12 bits per heavy atom. The largest absolute Gasteiger partial charge is 0.481 e. The van der Waals surface area contributed by atoms with Crippen LogP contribution in [0.5, 0.6) is 0 Å². The molecule has 1 saturated heterocycles. The molecule has 11 nitrogen and oxygen atoms in total. The Kier molecular flexibility index (Phi) is 7.57. The SMILES string of the molecule is CCNC(=O)Nc1nc2cc(-c3cnc(N4CCC(CC)(C(=O)O)CC4)nc3)cc(-c3cc(C#N)ccn3)c2s1. The summed E-state index contributed by atoms with van der Waals surface area (Å²) in [5.41, 5.74) is 3.43. The first-order chi connectivity index (χ1) is 19.4. The molecule has 12 heteroatoms. The number of nitrogens with zero attached hydrogens (tertiary/aromatic N) is 6. The van der Waals surface area contributed by atoms with E-state index in [0.717, 1.165) is 21.4 Å². The Bertz CT molecular complexity index is 1600. The zero-order valence-electron chi connectivity index (χ0n) is 22.1. The Morgan fingerprint density at radius 2 is 1.88 bits per heavy atom. The molecule has 0 radical (unpaired) electrons. The number of thiazole rings is 1. The number of piperidine rings is 1. The predicted molar refractivity (Wildman–Crippen MR) is 153 cm³/mol. The molecular formula is C28H28N8O3S. The summed E-state index contributed by atoms with van der Waals surface area (Å²) in [5.74, 6) is -0.177. The number of nitriles is 1. The minimum atomic E-state index is -0.738. The lowest BCUT2D eigenvalue weighted by Crippen LogP contribution is -2.44. The van der Waals surface area contributed by atoms with Crippen molar-refractivity contribution in [3.63, 3.8) is 0 Å². The summed E-state index contributed by atoms with van der Waals surface area (Å²) >= 11 is 1.33. The monoisotopic (exact) mass is 556 g/mol. The minimum absolute atomic E-state index is 0.339. The Morgan fingerprint density at radius 3 is 2.52 bits per heavy atom. The van der Waals surface area contributed by atoms with Gasteiger partial charge in [0.25, 0.3) is 0 Å². The van der Waals surface area contributed by atoms with Crippen LogP contribution in [0.15, 0.2) is 42.9 Å². The van der Waals surface area contributed by atoms with Crippen molar-refractivity contribution in [1.29, 1.82) is 5.26 Å². The lowest BCUT2D eigenvalue weighted by Gasteiger charge is -2.38. The zero-order chi connectivity index (χ0) is 28.3. The minimum Gasteiger partial charge on any atom is -0.481 e. The summed E-state index contributed by atoms with van der Waals surface area (Å²) < 4.78 is 0.821. The molecule has 2 amide bonds. The van der Waals surface area contributed by atoms with E-state index in [2.05, 4.69) is 36.6 Å². The standard InChI is InChI=1S/C28H28N8O3S/c1-3-28(24(37)38)6-9-36(10-7-28)25-32-15-19(16-33-25)18-12-20(21-11-17(14-29)5-8-31-21)23-22(13-18)34-27(40-23)35-26(39)30-4-2/h5,8,11-13,15-16H,3-4,6-7,9-10H2,1-2H3,(H,37,38)(H2,30,34,35,39). The molecule has 40 heavy (non-hydrogen) atoms. The number of pyridine rings is 1. The molecule has 0 unspecified atom stereocenters. The van der Waals surface area contributed by atoms with E-state index in [4.69, 9.17) is 0 Å². The number of carboxylic acids is 1. The van der Waals surface area contributed by atoms with Gasteiger partial charge in [-0.2, -0.15) is 5.26 Å². The van der Waals surface area contributed by atoms with Crippen LogP contribution in [0.4, 0.5) is 15.9 Å². The van der Waals surface area contributed by atoms with Crippen LogP contribution < -0.4 is 15.5 Å². The second-order valence-corrected chi connectivity index (χ2v) is 10.6. The lowest BCUT2D eigenvalue weighted by atomic mass is 9.76. The van der Waals surface area contributed by atoms with Gasteiger partial charge in [0, 0.05) is 49.4 Å². The first-order valence-electron chi connectivity index (χ1n) is 13.0. The first-order valence-corrected chi connectivity index (χ1v) is 13.8. The summed E-state index contributed by atoms with van der Waals surface area (Å²) in [5, 5.41) is 25.0. The average molecular weight is 557 g/mol. The highest BCUT2D eigenvalue weighted by Crippen LogP contribution is 2.39. The number of aromatic nitrogens is 4. The second-order valence-electron chi connectivity index (χ2n) is 9.61. The molecule has 1 aliphatic heterocycles. The van der Waals surface area contributed by atoms with Crippen molar-refractivity contribution in [3.05, 3.63) is 48.4 Å². The average Bonchev–Trinajstić information content (AvgIpc) is 3.39. The van der Waals surface area contributed by atoms with Crippen LogP contribution >= 0.6 is 11.3 Å². The number of rotatable bonds is 7. The second kappa shape index (κ2) is 11.2. The maximum absolute atomic E-state index is 12.1. The third kappa shape index (κ3) is 5.28. The van der Waals surface area contributed by atoms with Crippen molar-refractivity contribution >= 4 is 44.6 Å². The predicted octanol–water partition coefficient (Wildman–Crippen LogP) is 4.91. The number of aliphatic carboxylic acids is 1. The number of hydrogen-bond acceptors (Lipinski definition) is 9. The molecule has 0 atom stereocenters. The summed E-state index contributed by atoms with van der Waals surface area (Å²) in [6.07, 6.45) is 6.78. The first kappa shape index (κ1) is 27.0. The number of hydrogen-bond donors (Lipinski definition) is 3. The maximum Gasteiger partial charge on any atom is 0.321 e. The fourth-order valence-electron chi connectivity index (χ4n) is 4.88. The summed E-state index contributed by atoms with van der Waals surface area (Å²) in [7, 11) is 0. The molecule has 0 saturated carbocycles. The van der Waals surface area contributed by atoms with Crippen molar-refractivity contribution in [2.75, 3.05) is 29.9 Å². The molecule has 1 fully saturated rings. The van der Waals surface area contributed by atoms with Gasteiger partial charge in [0.15, 0.2) is 5.13 Å². The van der Waals surface area contributed by atoms with Crippen LogP contribution in [-0.2, 0) is 4.79 Å². The highest BCUT2D eigenvalue weighted by atomic mass is 32.1. The van der Waals surface area contributed by atoms with Crippen LogP contribution in [0.3, 0.4) is 0 Å². The van der Waals surface area contributed by atoms with E-state index in [1.54, 1.807) is 30.7 Å². The molecule has 4 heterocycles. The number of carboxylic acid groups (broad SMARTS) is 1. The van der Waals surface area contributed by atoms with Crippen molar-refractivity contribution in [2.24, 2.45) is 5.41 Å². The van der Waals surface area contributed by atoms with Gasteiger partial charge in [-0.15, -0.1) is 0 Å². The fraction of sp³-hybridized carbons (Fsp3) is 0.321. The van der Waals surface area contributed by atoms with Crippen molar-refractivity contribution < 1.29 is 14.7 Å². The number of nitrogens with one attached hydrogen (secondary N) is 2. The van der Waals surface area contributed by atoms with Gasteiger partial charge in [-0.3, -0.25) is 15.1 Å². The number of carbonyl (C=O) groups is 2. The van der Waals surface area contributed by atoms with Crippen LogP contribution in [0.1, 0.15) is 38.7 Å². The Balaban J connectivity index is 1.48. The fourth-order valence-corrected chi connectivity index (χ4v) is 5.84. The van der Waals surface area contributed by atoms with Crippen LogP contribution in [-0.4, -0.2) is 56.7 Å². The van der Waals surface area contributed by atoms with Gasteiger partial charge in [-0.1, -0.05) is 18.3 Å². The summed E-state index contributed by atoms with van der Waals surface area (Å²) in [6.45, 7) is 5.41. The quantitative estimate of drug-likeness (QED) is 0.288. The van der Waals surface area contributed by atoms with Crippen LogP contribution in [0.2, 0.25) is 0 Å². The van der Waals surface area contributed by atoms with Gasteiger partial charge in [0.2, 0.25) is 5.95 Å². The maximum atomic E-state index is 12.1. The smallest absolute Gasteiger partial charge is 0.321 e. The normalized spacial score (nSPS) is 14.5. The lowest BCUT2D eigenvalue weighted by molar-refractivity contribution is -0.150. The number of fused-ring (bicyclic) bond motifs is 1. The Labute approximate surface area is 234 Å². The van der Waals surface area contributed by atoms with Crippen LogP contribution in [0.25, 0.3) is 32.6 Å². The molecule has 0 spiro atoms. The number of anilines is 2. The van der Waals surface area contributed by atoms with E-state index in [-0.39, 0.29) is 6.03 Å². The molecular weight excluding hydrogens is 528 g/mol. The molecule has 3 N–H and O–H groups in total. The number of benzene rings is 1. The van der Waals surface area contributed by atoms with E-state index in [9.17, 15) is 20.0 Å². The number of amides is 2. The molecule has 1 aliphatic rings. The van der Waals surface area contributed by atoms with E-state index in [1.807, 2.05) is 30.9 Å². The molecule has 0 bridgehead atoms. The van der Waals surface area contributed by atoms with Crippen molar-refractivity contribution in [1.82, 2.24) is 25.3 Å². The van der Waals surface area contributed by atoms with Crippen molar-refractivity contribution in [3.8, 4) is 28.5 Å². The highest BCUT2D eigenvalue weighted by molar-refractivity contribution is 7.22. The van der Waals surface area contributed by atoms with E-state index >= 15 is 0 Å². The van der Waals surface area contributed by atoms with E-state index in [0.29, 0.717) is 66.8 Å². The molecule has 5 rings (SSSR count). The van der Waals surface area contributed by atoms with Gasteiger partial charge in [0.05, 0.1) is 33.0 Å². The molecule has 0 aliphatic carbocycles. The van der Waals surface area contributed by atoms with Gasteiger partial charge in [-0.05, 0) is 56.0 Å². The zero-order valence-corrected chi connectivity index (χ0v) is 23.0. The molecule has 204 valence electrons. The van der Waals surface area contributed by atoms with Gasteiger partial charge in [-0.25, -0.2) is 19.7 Å². The van der Waals surface area contributed by atoms with Gasteiger partial charge in [0.1, 0.15) is 0 Å². The third-order valence-corrected chi connectivity index (χ3v) is 8.34. The molecule has 4 aromatic rings. The highest BCUT2D eigenvalue weighted by Gasteiger charge is 2.40. The summed E-state index contributed by atoms with van der Waals surface area (Å²) in [6, 6.07) is 9.05.